The second-order valence-electron chi connectivity index (χ2n) is 4.48. The van der Waals surface area contributed by atoms with Crippen molar-refractivity contribution in [1.82, 2.24) is 9.78 Å². The molecule has 0 saturated carbocycles. The molecule has 0 aliphatic rings. The predicted molar refractivity (Wildman–Crippen MR) is 73.2 cm³/mol. The summed E-state index contributed by atoms with van der Waals surface area (Å²) in [6.45, 7) is 2.07. The Morgan fingerprint density at radius 3 is 2.89 bits per heavy atom. The second kappa shape index (κ2) is 4.39. The lowest BCUT2D eigenvalue weighted by molar-refractivity contribution is 0.112. The molecule has 0 bridgehead atoms. The molecular weight excluding hydrogens is 240 g/mol. The van der Waals surface area contributed by atoms with Crippen molar-refractivity contribution in [3.63, 3.8) is 0 Å². The minimum Gasteiger partial charge on any atom is -0.454 e. The van der Waals surface area contributed by atoms with Gasteiger partial charge < -0.3 is 4.42 Å². The quantitative estimate of drug-likeness (QED) is 0.674. The summed E-state index contributed by atoms with van der Waals surface area (Å²) in [5.41, 5.74) is 3.09. The third kappa shape index (κ3) is 1.76. The number of carbonyl (C=O) groups is 1. The number of hydrogen-bond donors (Lipinski definition) is 0. The normalized spacial score (nSPS) is 11.1. The Kier molecular flexibility index (Phi) is 2.71. The maximum absolute atomic E-state index is 11.1. The number of para-hydroxylation sites is 1. The van der Waals surface area contributed by atoms with E-state index in [4.69, 9.17) is 4.42 Å². The van der Waals surface area contributed by atoms with Crippen molar-refractivity contribution in [2.75, 3.05) is 0 Å². The zero-order chi connectivity index (χ0) is 13.4. The van der Waals surface area contributed by atoms with Crippen molar-refractivity contribution in [2.45, 2.75) is 13.3 Å². The number of aromatic nitrogens is 2. The summed E-state index contributed by atoms with van der Waals surface area (Å²) in [5.74, 6) is 0.700. The Morgan fingerprint density at radius 2 is 2.16 bits per heavy atom. The van der Waals surface area contributed by atoms with Crippen LogP contribution in [0, 0.1) is 0 Å². The number of nitrogens with zero attached hydrogens (tertiary/aromatic N) is 2. The van der Waals surface area contributed by atoms with Gasteiger partial charge in [-0.15, -0.1) is 0 Å². The Hall–Kier alpha value is -2.36. The largest absolute Gasteiger partial charge is 0.454 e. The van der Waals surface area contributed by atoms with Gasteiger partial charge >= 0.3 is 0 Å². The Morgan fingerprint density at radius 1 is 1.37 bits per heavy atom. The molecule has 0 spiro atoms. The SMILES string of the molecule is CCc1c(-c2nn(C)cc2C=O)oc2ccccc12. The average molecular weight is 254 g/mol. The average Bonchev–Trinajstić information content (AvgIpc) is 2.98. The van der Waals surface area contributed by atoms with Gasteiger partial charge in [0.25, 0.3) is 0 Å². The minimum absolute atomic E-state index is 0.552. The van der Waals surface area contributed by atoms with Crippen LogP contribution in [0.5, 0.6) is 0 Å². The lowest BCUT2D eigenvalue weighted by Crippen LogP contribution is -1.89. The third-order valence-electron chi connectivity index (χ3n) is 3.25. The molecule has 0 aliphatic heterocycles. The Labute approximate surface area is 110 Å². The van der Waals surface area contributed by atoms with Crippen LogP contribution in [0.4, 0.5) is 0 Å². The highest BCUT2D eigenvalue weighted by Gasteiger charge is 2.19. The van der Waals surface area contributed by atoms with Crippen LogP contribution in [0.25, 0.3) is 22.4 Å². The number of carbonyl (C=O) groups excluding carboxylic acids is 1. The maximum atomic E-state index is 11.1. The summed E-state index contributed by atoms with van der Waals surface area (Å²) >= 11 is 0. The van der Waals surface area contributed by atoms with E-state index in [1.54, 1.807) is 17.9 Å². The fourth-order valence-electron chi connectivity index (χ4n) is 2.41. The van der Waals surface area contributed by atoms with Gasteiger partial charge in [0.05, 0.1) is 5.56 Å². The number of hydrogen-bond acceptors (Lipinski definition) is 3. The molecule has 3 aromatic rings. The topological polar surface area (TPSA) is 48.0 Å². The molecule has 0 N–H and O–H groups in total. The van der Waals surface area contributed by atoms with Crippen LogP contribution in [0.15, 0.2) is 34.9 Å². The van der Waals surface area contributed by atoms with Crippen LogP contribution < -0.4 is 0 Å². The van der Waals surface area contributed by atoms with Gasteiger partial charge in [-0.1, -0.05) is 25.1 Å². The molecule has 1 aromatic carbocycles. The van der Waals surface area contributed by atoms with Gasteiger partial charge in [0.1, 0.15) is 11.3 Å². The molecule has 0 unspecified atom stereocenters. The van der Waals surface area contributed by atoms with E-state index in [0.717, 1.165) is 29.2 Å². The lowest BCUT2D eigenvalue weighted by atomic mass is 10.1. The molecule has 4 heteroatoms. The molecule has 4 nitrogen and oxygen atoms in total. The number of aryl methyl sites for hydroxylation is 2. The first-order chi connectivity index (χ1) is 9.24. The number of fused-ring (bicyclic) bond motifs is 1. The highest BCUT2D eigenvalue weighted by molar-refractivity contribution is 5.91. The van der Waals surface area contributed by atoms with E-state index in [9.17, 15) is 4.79 Å². The number of furan rings is 1. The zero-order valence-corrected chi connectivity index (χ0v) is 10.9. The van der Waals surface area contributed by atoms with Crippen molar-refractivity contribution in [3.05, 3.63) is 41.6 Å². The summed E-state index contributed by atoms with van der Waals surface area (Å²) in [4.78, 5) is 11.1. The van der Waals surface area contributed by atoms with Gasteiger partial charge in [0.2, 0.25) is 0 Å². The third-order valence-corrected chi connectivity index (χ3v) is 3.25. The van der Waals surface area contributed by atoms with Gasteiger partial charge in [-0.2, -0.15) is 5.10 Å². The molecule has 0 fully saturated rings. The van der Waals surface area contributed by atoms with Crippen LogP contribution in [-0.4, -0.2) is 16.1 Å². The van der Waals surface area contributed by atoms with E-state index < -0.39 is 0 Å². The summed E-state index contributed by atoms with van der Waals surface area (Å²) in [7, 11) is 1.80. The minimum atomic E-state index is 0.552. The van der Waals surface area contributed by atoms with Crippen molar-refractivity contribution < 1.29 is 9.21 Å². The molecule has 3 rings (SSSR count). The number of benzene rings is 1. The number of aldehydes is 1. The van der Waals surface area contributed by atoms with E-state index in [1.807, 2.05) is 24.3 Å². The summed E-state index contributed by atoms with van der Waals surface area (Å²) in [6.07, 6.45) is 3.35. The van der Waals surface area contributed by atoms with E-state index in [0.29, 0.717) is 17.0 Å². The van der Waals surface area contributed by atoms with E-state index >= 15 is 0 Å². The van der Waals surface area contributed by atoms with Gasteiger partial charge in [0, 0.05) is 24.2 Å². The first-order valence-corrected chi connectivity index (χ1v) is 6.24. The molecule has 0 aliphatic carbocycles. The smallest absolute Gasteiger partial charge is 0.159 e. The monoisotopic (exact) mass is 254 g/mol. The molecule has 0 amide bonds. The predicted octanol–water partition coefficient (Wildman–Crippen LogP) is 3.21. The Balaban J connectivity index is 2.32. The van der Waals surface area contributed by atoms with Crippen LogP contribution in [0.3, 0.4) is 0 Å². The standard InChI is InChI=1S/C15H14N2O2/c1-3-11-12-6-4-5-7-13(12)19-15(11)14-10(9-18)8-17(2)16-14/h4-9H,3H2,1-2H3. The van der Waals surface area contributed by atoms with E-state index in [1.165, 1.54) is 0 Å². The van der Waals surface area contributed by atoms with Crippen molar-refractivity contribution in [2.24, 2.45) is 7.05 Å². The second-order valence-corrected chi connectivity index (χ2v) is 4.48. The first kappa shape index (κ1) is 11.7. The summed E-state index contributed by atoms with van der Waals surface area (Å²) < 4.78 is 7.53. The maximum Gasteiger partial charge on any atom is 0.159 e. The van der Waals surface area contributed by atoms with Gasteiger partial charge in [-0.3, -0.25) is 9.48 Å². The van der Waals surface area contributed by atoms with Crippen LogP contribution >= 0.6 is 0 Å². The summed E-state index contributed by atoms with van der Waals surface area (Å²) in [6, 6.07) is 7.89. The van der Waals surface area contributed by atoms with Gasteiger partial charge in [-0.25, -0.2) is 0 Å². The molecular formula is C15H14N2O2. The lowest BCUT2D eigenvalue weighted by Gasteiger charge is -1.97. The van der Waals surface area contributed by atoms with Crippen molar-refractivity contribution >= 4 is 17.3 Å². The van der Waals surface area contributed by atoms with E-state index in [-0.39, 0.29) is 0 Å². The zero-order valence-electron chi connectivity index (χ0n) is 10.9. The fraction of sp³-hybridized carbons (Fsp3) is 0.200. The fourth-order valence-corrected chi connectivity index (χ4v) is 2.41. The molecule has 96 valence electrons. The summed E-state index contributed by atoms with van der Waals surface area (Å²) in [5, 5.41) is 5.43. The molecule has 0 saturated heterocycles. The molecule has 2 aromatic heterocycles. The molecule has 2 heterocycles. The highest BCUT2D eigenvalue weighted by atomic mass is 16.3. The van der Waals surface area contributed by atoms with Crippen molar-refractivity contribution in [1.29, 1.82) is 0 Å². The molecule has 0 atom stereocenters. The van der Waals surface area contributed by atoms with Crippen LogP contribution in [0.1, 0.15) is 22.8 Å². The first-order valence-electron chi connectivity index (χ1n) is 6.24. The van der Waals surface area contributed by atoms with Crippen LogP contribution in [-0.2, 0) is 13.5 Å². The van der Waals surface area contributed by atoms with Crippen LogP contribution in [0.2, 0.25) is 0 Å². The molecule has 19 heavy (non-hydrogen) atoms. The highest BCUT2D eigenvalue weighted by Crippen LogP contribution is 2.34. The van der Waals surface area contributed by atoms with E-state index in [2.05, 4.69) is 12.0 Å². The Bertz CT molecular complexity index is 753. The van der Waals surface area contributed by atoms with Gasteiger partial charge in [0.15, 0.2) is 12.0 Å². The molecule has 0 radical (unpaired) electrons. The van der Waals surface area contributed by atoms with Gasteiger partial charge in [-0.05, 0) is 12.5 Å². The van der Waals surface area contributed by atoms with Crippen molar-refractivity contribution in [3.8, 4) is 11.5 Å². The number of rotatable bonds is 3.